The molecule has 2 fully saturated rings. The molecule has 7 atom stereocenters. The molecular formula is C30H52O2. The molecule has 4 aliphatic rings. The molecular weight excluding hydrogens is 392 g/mol. The van der Waals surface area contributed by atoms with Gasteiger partial charge in [0.05, 0.1) is 11.7 Å². The molecule has 0 radical (unpaired) electrons. The Hall–Kier alpha value is -0.340. The van der Waals surface area contributed by atoms with Crippen LogP contribution in [0.4, 0.5) is 0 Å². The molecule has 0 heterocycles. The van der Waals surface area contributed by atoms with Crippen molar-refractivity contribution in [1.82, 2.24) is 0 Å². The van der Waals surface area contributed by atoms with E-state index in [1.165, 1.54) is 38.5 Å². The number of aliphatic hydroxyl groups is 2. The van der Waals surface area contributed by atoms with Crippen LogP contribution in [-0.2, 0) is 0 Å². The van der Waals surface area contributed by atoms with Crippen molar-refractivity contribution in [2.75, 3.05) is 0 Å². The van der Waals surface area contributed by atoms with Crippen molar-refractivity contribution in [2.24, 2.45) is 39.4 Å². The molecule has 2 nitrogen and oxygen atoms in total. The molecule has 184 valence electrons. The van der Waals surface area contributed by atoms with Crippen LogP contribution in [0.3, 0.4) is 0 Å². The minimum absolute atomic E-state index is 0.247. The summed E-state index contributed by atoms with van der Waals surface area (Å²) in [6.07, 6.45) is 12.2. The van der Waals surface area contributed by atoms with Crippen molar-refractivity contribution in [3.63, 3.8) is 0 Å². The number of hydrogen-bond donors (Lipinski definition) is 2. The van der Waals surface area contributed by atoms with E-state index < -0.39 is 5.60 Å². The van der Waals surface area contributed by atoms with Gasteiger partial charge in [0.15, 0.2) is 0 Å². The van der Waals surface area contributed by atoms with Crippen LogP contribution in [0.2, 0.25) is 0 Å². The molecule has 2 N–H and O–H groups in total. The van der Waals surface area contributed by atoms with E-state index in [2.05, 4.69) is 55.4 Å². The molecule has 0 spiro atoms. The summed E-state index contributed by atoms with van der Waals surface area (Å²) in [5, 5.41) is 23.0. The largest absolute Gasteiger partial charge is 0.393 e. The van der Waals surface area contributed by atoms with Crippen LogP contribution in [0, 0.1) is 39.4 Å². The van der Waals surface area contributed by atoms with Gasteiger partial charge >= 0.3 is 0 Å². The zero-order chi connectivity index (χ0) is 23.7. The van der Waals surface area contributed by atoms with Crippen LogP contribution in [0.5, 0.6) is 0 Å². The summed E-state index contributed by atoms with van der Waals surface area (Å²) in [5.41, 5.74) is 2.64. The van der Waals surface area contributed by atoms with Gasteiger partial charge in [-0.1, -0.05) is 85.8 Å². The predicted octanol–water partition coefficient (Wildman–Crippen LogP) is 7.67. The summed E-state index contributed by atoms with van der Waals surface area (Å²) >= 11 is 0. The van der Waals surface area contributed by atoms with Crippen LogP contribution < -0.4 is 0 Å². The number of hydrogen-bond acceptors (Lipinski definition) is 2. The highest BCUT2D eigenvalue weighted by molar-refractivity contribution is 5.41. The summed E-state index contributed by atoms with van der Waals surface area (Å²) < 4.78 is 0. The minimum Gasteiger partial charge on any atom is -0.393 e. The van der Waals surface area contributed by atoms with E-state index >= 15 is 0 Å². The maximum atomic E-state index is 12.2. The lowest BCUT2D eigenvalue weighted by molar-refractivity contribution is -0.206. The average Bonchev–Trinajstić information content (AvgIpc) is 2.94. The smallest absolute Gasteiger partial charge is 0.0793 e. The van der Waals surface area contributed by atoms with Gasteiger partial charge in [-0.15, -0.1) is 0 Å². The van der Waals surface area contributed by atoms with Crippen molar-refractivity contribution >= 4 is 0 Å². The van der Waals surface area contributed by atoms with Crippen molar-refractivity contribution in [1.29, 1.82) is 0 Å². The van der Waals surface area contributed by atoms with Crippen molar-refractivity contribution in [2.45, 2.75) is 138 Å². The molecule has 4 rings (SSSR count). The average molecular weight is 445 g/mol. The number of aliphatic hydroxyl groups excluding tert-OH is 1. The van der Waals surface area contributed by atoms with Gasteiger partial charge in [0, 0.05) is 5.41 Å². The Morgan fingerprint density at radius 2 is 1.47 bits per heavy atom. The van der Waals surface area contributed by atoms with E-state index in [0.717, 1.165) is 43.4 Å². The maximum Gasteiger partial charge on any atom is 0.0793 e. The second kappa shape index (κ2) is 7.84. The van der Waals surface area contributed by atoms with Crippen molar-refractivity contribution in [3.8, 4) is 0 Å². The Bertz CT molecular complexity index is 765. The van der Waals surface area contributed by atoms with Crippen LogP contribution in [0.1, 0.15) is 126 Å². The van der Waals surface area contributed by atoms with Gasteiger partial charge in [-0.2, -0.15) is 0 Å². The lowest BCUT2D eigenvalue weighted by atomic mass is 9.41. The van der Waals surface area contributed by atoms with Gasteiger partial charge < -0.3 is 10.2 Å². The van der Waals surface area contributed by atoms with Crippen LogP contribution in [-0.4, -0.2) is 21.9 Å². The highest BCUT2D eigenvalue weighted by Crippen LogP contribution is 2.73. The first-order chi connectivity index (χ1) is 14.7. The van der Waals surface area contributed by atoms with Gasteiger partial charge in [-0.05, 0) is 85.4 Å². The minimum atomic E-state index is -0.704. The normalized spacial score (nSPS) is 46.6. The third-order valence-electron chi connectivity index (χ3n) is 11.9. The number of rotatable bonds is 5. The lowest BCUT2D eigenvalue weighted by Crippen LogP contribution is -2.65. The van der Waals surface area contributed by atoms with Gasteiger partial charge in [0.1, 0.15) is 0 Å². The molecule has 0 aromatic carbocycles. The van der Waals surface area contributed by atoms with E-state index in [1.54, 1.807) is 11.1 Å². The molecule has 0 saturated heterocycles. The topological polar surface area (TPSA) is 40.5 Å². The zero-order valence-electron chi connectivity index (χ0n) is 22.5. The second-order valence-electron chi connectivity index (χ2n) is 14.3. The quantitative estimate of drug-likeness (QED) is 0.427. The van der Waals surface area contributed by atoms with E-state index in [4.69, 9.17) is 0 Å². The highest BCUT2D eigenvalue weighted by atomic mass is 16.3. The number of allylic oxidation sites excluding steroid dienone is 1. The first kappa shape index (κ1) is 24.8. The molecule has 32 heavy (non-hydrogen) atoms. The second-order valence-corrected chi connectivity index (χ2v) is 14.3. The SMILES string of the molecule is CC(C)CCC[C@@H](C)[C@H]1CC[C@@]2(C)C3=C(CC[C@]12C)[C@@]1(C)CC(O)CC(C)(C)[C@]1(O)CC3. The molecule has 1 unspecified atom stereocenters. The van der Waals surface area contributed by atoms with Gasteiger partial charge in [-0.25, -0.2) is 0 Å². The van der Waals surface area contributed by atoms with Crippen molar-refractivity contribution < 1.29 is 10.2 Å². The van der Waals surface area contributed by atoms with Crippen LogP contribution in [0.25, 0.3) is 0 Å². The van der Waals surface area contributed by atoms with Crippen LogP contribution in [0.15, 0.2) is 11.1 Å². The highest BCUT2D eigenvalue weighted by Gasteiger charge is 2.67. The predicted molar refractivity (Wildman–Crippen MR) is 134 cm³/mol. The van der Waals surface area contributed by atoms with E-state index in [9.17, 15) is 10.2 Å². The van der Waals surface area contributed by atoms with Gasteiger partial charge in [0.25, 0.3) is 0 Å². The first-order valence-electron chi connectivity index (χ1n) is 13.9. The zero-order valence-corrected chi connectivity index (χ0v) is 22.5. The maximum absolute atomic E-state index is 12.2. The van der Waals surface area contributed by atoms with E-state index in [-0.39, 0.29) is 22.3 Å². The Labute approximate surface area is 198 Å². The standard InChI is InChI=1S/C30H52O2/c1-20(2)10-9-11-21(3)23-12-15-28(7)24-14-17-30(32)26(4,5)18-22(31)19-29(30,8)25(24)13-16-27(23,28)6/h20-23,31-32H,9-19H2,1-8H3/t21-,22?,23-,27-,28+,29-,30-/m1/s1. The summed E-state index contributed by atoms with van der Waals surface area (Å²) in [6, 6.07) is 0. The fourth-order valence-electron chi connectivity index (χ4n) is 9.79. The summed E-state index contributed by atoms with van der Waals surface area (Å²) in [7, 11) is 0. The molecule has 2 heteroatoms. The molecule has 4 aliphatic carbocycles. The Kier molecular flexibility index (Phi) is 6.07. The summed E-state index contributed by atoms with van der Waals surface area (Å²) in [5.74, 6) is 2.43. The number of fused-ring (bicyclic) bond motifs is 4. The summed E-state index contributed by atoms with van der Waals surface area (Å²) in [4.78, 5) is 0. The van der Waals surface area contributed by atoms with Gasteiger partial charge in [-0.3, -0.25) is 0 Å². The molecule has 0 aromatic heterocycles. The molecule has 0 amide bonds. The first-order valence-corrected chi connectivity index (χ1v) is 13.9. The Morgan fingerprint density at radius 3 is 2.12 bits per heavy atom. The molecule has 0 bridgehead atoms. The summed E-state index contributed by atoms with van der Waals surface area (Å²) in [6.45, 7) is 19.1. The molecule has 0 aromatic rings. The molecule has 2 saturated carbocycles. The fourth-order valence-corrected chi connectivity index (χ4v) is 9.79. The Morgan fingerprint density at radius 1 is 0.844 bits per heavy atom. The van der Waals surface area contributed by atoms with Crippen molar-refractivity contribution in [3.05, 3.63) is 11.1 Å². The molecule has 0 aliphatic heterocycles. The van der Waals surface area contributed by atoms with Gasteiger partial charge in [0.2, 0.25) is 0 Å². The lowest BCUT2D eigenvalue weighted by Gasteiger charge is -2.65. The van der Waals surface area contributed by atoms with E-state index in [1.807, 2.05) is 0 Å². The Balaban J connectivity index is 1.67. The van der Waals surface area contributed by atoms with Crippen LogP contribution >= 0.6 is 0 Å². The third kappa shape index (κ3) is 3.24. The van der Waals surface area contributed by atoms with E-state index in [0.29, 0.717) is 11.8 Å². The fraction of sp³-hybridized carbons (Fsp3) is 0.933. The monoisotopic (exact) mass is 444 g/mol. The third-order valence-corrected chi connectivity index (χ3v) is 11.9.